The first-order valence-corrected chi connectivity index (χ1v) is 7.27. The zero-order chi connectivity index (χ0) is 14.0. The summed E-state index contributed by atoms with van der Waals surface area (Å²) in [6.07, 6.45) is 1.70. The summed E-state index contributed by atoms with van der Waals surface area (Å²) in [5.41, 5.74) is 0.535. The van der Waals surface area contributed by atoms with Crippen molar-refractivity contribution in [2.75, 3.05) is 13.4 Å². The minimum atomic E-state index is -3.36. The Bertz CT molecular complexity index is 712. The van der Waals surface area contributed by atoms with Crippen molar-refractivity contribution in [1.29, 1.82) is 0 Å². The van der Waals surface area contributed by atoms with Crippen LogP contribution < -0.4 is 4.74 Å². The van der Waals surface area contributed by atoms with Crippen LogP contribution in [0.3, 0.4) is 0 Å². The number of sulfone groups is 1. The maximum atomic E-state index is 11.6. The number of aldehydes is 1. The van der Waals surface area contributed by atoms with Crippen molar-refractivity contribution in [3.05, 3.63) is 36.1 Å². The average Bonchev–Trinajstić information content (AvgIpc) is 2.86. The number of methoxy groups -OCH3 is 1. The molecule has 0 N–H and O–H groups in total. The Kier molecular flexibility index (Phi) is 3.44. The summed E-state index contributed by atoms with van der Waals surface area (Å²) in [6, 6.07) is 7.67. The Morgan fingerprint density at radius 1 is 1.21 bits per heavy atom. The van der Waals surface area contributed by atoms with Crippen molar-refractivity contribution < 1.29 is 22.4 Å². The molecule has 5 nitrogen and oxygen atoms in total. The van der Waals surface area contributed by atoms with E-state index in [1.807, 2.05) is 0 Å². The maximum Gasteiger partial charge on any atom is 0.185 e. The van der Waals surface area contributed by atoms with Crippen LogP contribution in [0.15, 0.2) is 39.6 Å². The molecular formula is C13H12O5S. The highest BCUT2D eigenvalue weighted by molar-refractivity contribution is 7.90. The third-order valence-corrected chi connectivity index (χ3v) is 3.66. The number of benzene rings is 1. The summed E-state index contributed by atoms with van der Waals surface area (Å²) >= 11 is 0. The first-order chi connectivity index (χ1) is 8.94. The molecule has 100 valence electrons. The van der Waals surface area contributed by atoms with Gasteiger partial charge >= 0.3 is 0 Å². The Balaban J connectivity index is 2.59. The fraction of sp³-hybridized carbons (Fsp3) is 0.154. The van der Waals surface area contributed by atoms with Gasteiger partial charge in [0.05, 0.1) is 12.0 Å². The quantitative estimate of drug-likeness (QED) is 0.802. The molecule has 0 spiro atoms. The average molecular weight is 280 g/mol. The highest BCUT2D eigenvalue weighted by Gasteiger charge is 2.13. The van der Waals surface area contributed by atoms with E-state index < -0.39 is 9.84 Å². The van der Waals surface area contributed by atoms with Crippen LogP contribution in [-0.2, 0) is 9.84 Å². The third kappa shape index (κ3) is 2.85. The molecule has 0 amide bonds. The monoisotopic (exact) mass is 280 g/mol. The second-order valence-electron chi connectivity index (χ2n) is 3.99. The zero-order valence-corrected chi connectivity index (χ0v) is 11.2. The Morgan fingerprint density at radius 3 is 2.47 bits per heavy atom. The fourth-order valence-electron chi connectivity index (χ4n) is 1.62. The molecule has 0 unspecified atom stereocenters. The second-order valence-corrected chi connectivity index (χ2v) is 6.00. The predicted octanol–water partition coefficient (Wildman–Crippen LogP) is 2.17. The van der Waals surface area contributed by atoms with Crippen LogP contribution in [-0.4, -0.2) is 28.1 Å². The molecule has 0 radical (unpaired) electrons. The number of ether oxygens (including phenoxy) is 1. The predicted molar refractivity (Wildman–Crippen MR) is 69.2 cm³/mol. The topological polar surface area (TPSA) is 73.6 Å². The van der Waals surface area contributed by atoms with Crippen molar-refractivity contribution in [3.63, 3.8) is 0 Å². The summed E-state index contributed by atoms with van der Waals surface area (Å²) in [5.74, 6) is 0.992. The van der Waals surface area contributed by atoms with Crippen molar-refractivity contribution >= 4 is 16.1 Å². The van der Waals surface area contributed by atoms with Gasteiger partial charge in [0.1, 0.15) is 11.5 Å². The van der Waals surface area contributed by atoms with Crippen molar-refractivity contribution in [3.8, 4) is 17.1 Å². The molecule has 0 aliphatic carbocycles. The highest BCUT2D eigenvalue weighted by atomic mass is 32.2. The highest BCUT2D eigenvalue weighted by Crippen LogP contribution is 2.29. The van der Waals surface area contributed by atoms with Gasteiger partial charge in [-0.1, -0.05) is 0 Å². The van der Waals surface area contributed by atoms with Gasteiger partial charge in [-0.2, -0.15) is 0 Å². The molecule has 2 aromatic rings. The van der Waals surface area contributed by atoms with Gasteiger partial charge in [-0.3, -0.25) is 4.79 Å². The van der Waals surface area contributed by atoms with Crippen LogP contribution in [0.2, 0.25) is 0 Å². The van der Waals surface area contributed by atoms with Crippen molar-refractivity contribution in [1.82, 2.24) is 0 Å². The first-order valence-electron chi connectivity index (χ1n) is 5.38. The van der Waals surface area contributed by atoms with Gasteiger partial charge in [0.25, 0.3) is 0 Å². The molecule has 0 atom stereocenters. The molecule has 0 aliphatic heterocycles. The summed E-state index contributed by atoms with van der Waals surface area (Å²) in [7, 11) is -1.91. The lowest BCUT2D eigenvalue weighted by molar-refractivity contribution is 0.110. The molecule has 0 saturated carbocycles. The van der Waals surface area contributed by atoms with Gasteiger partial charge in [0.15, 0.2) is 21.9 Å². The van der Waals surface area contributed by atoms with Crippen LogP contribution in [0.1, 0.15) is 10.6 Å². The number of carbonyl (C=O) groups excluding carboxylic acids is 1. The van der Waals surface area contributed by atoms with Crippen LogP contribution in [0, 0.1) is 0 Å². The molecule has 0 bridgehead atoms. The Hall–Kier alpha value is -2.08. The molecule has 6 heteroatoms. The molecule has 1 aromatic heterocycles. The summed E-state index contributed by atoms with van der Waals surface area (Å²) in [6.45, 7) is 0. The van der Waals surface area contributed by atoms with E-state index in [2.05, 4.69) is 0 Å². The van der Waals surface area contributed by atoms with E-state index in [9.17, 15) is 13.2 Å². The molecule has 2 rings (SSSR count). The smallest absolute Gasteiger partial charge is 0.185 e. The van der Waals surface area contributed by atoms with E-state index in [0.29, 0.717) is 23.4 Å². The van der Waals surface area contributed by atoms with Gasteiger partial charge in [-0.05, 0) is 30.3 Å². The molecule has 1 aromatic carbocycles. The Labute approximate surface area is 110 Å². The minimum absolute atomic E-state index is 0.130. The van der Waals surface area contributed by atoms with Crippen LogP contribution >= 0.6 is 0 Å². The standard InChI is InChI=1S/C13H12O5S/c1-17-11-5-9(6-12(7-11)19(2,15)16)13-4-3-10(8-14)18-13/h3-8H,1-2H3. The van der Waals surface area contributed by atoms with E-state index in [1.54, 1.807) is 12.1 Å². The molecule has 0 aliphatic rings. The lowest BCUT2D eigenvalue weighted by Gasteiger charge is -2.06. The van der Waals surface area contributed by atoms with Crippen LogP contribution in [0.4, 0.5) is 0 Å². The largest absolute Gasteiger partial charge is 0.497 e. The van der Waals surface area contributed by atoms with Crippen LogP contribution in [0.5, 0.6) is 5.75 Å². The van der Waals surface area contributed by atoms with E-state index >= 15 is 0 Å². The van der Waals surface area contributed by atoms with Gasteiger partial charge in [-0.15, -0.1) is 0 Å². The van der Waals surface area contributed by atoms with E-state index in [0.717, 1.165) is 6.26 Å². The zero-order valence-electron chi connectivity index (χ0n) is 10.4. The minimum Gasteiger partial charge on any atom is -0.497 e. The lowest BCUT2D eigenvalue weighted by Crippen LogP contribution is -1.98. The molecule has 0 saturated heterocycles. The summed E-state index contributed by atoms with van der Waals surface area (Å²) < 4.78 is 33.5. The fourth-order valence-corrected chi connectivity index (χ4v) is 2.29. The van der Waals surface area contributed by atoms with Crippen molar-refractivity contribution in [2.45, 2.75) is 4.90 Å². The SMILES string of the molecule is COc1cc(-c2ccc(C=O)o2)cc(S(C)(=O)=O)c1. The maximum absolute atomic E-state index is 11.6. The van der Waals surface area contributed by atoms with Crippen molar-refractivity contribution in [2.24, 2.45) is 0 Å². The number of hydrogen-bond acceptors (Lipinski definition) is 5. The molecule has 1 heterocycles. The number of hydrogen-bond donors (Lipinski definition) is 0. The number of furan rings is 1. The number of carbonyl (C=O) groups is 1. The van der Waals surface area contributed by atoms with E-state index in [1.165, 1.54) is 25.3 Å². The Morgan fingerprint density at radius 2 is 1.95 bits per heavy atom. The number of rotatable bonds is 4. The molecular weight excluding hydrogens is 268 g/mol. The van der Waals surface area contributed by atoms with Gasteiger partial charge in [0, 0.05) is 11.8 Å². The first kappa shape index (κ1) is 13.4. The summed E-state index contributed by atoms with van der Waals surface area (Å²) in [5, 5.41) is 0. The normalized spacial score (nSPS) is 11.3. The second kappa shape index (κ2) is 4.89. The lowest BCUT2D eigenvalue weighted by atomic mass is 10.1. The van der Waals surface area contributed by atoms with Gasteiger partial charge in [0.2, 0.25) is 0 Å². The molecule has 0 fully saturated rings. The van der Waals surface area contributed by atoms with Gasteiger partial charge in [-0.25, -0.2) is 8.42 Å². The molecule has 19 heavy (non-hydrogen) atoms. The third-order valence-electron chi connectivity index (χ3n) is 2.57. The van der Waals surface area contributed by atoms with Gasteiger partial charge < -0.3 is 9.15 Å². The van der Waals surface area contributed by atoms with E-state index in [4.69, 9.17) is 9.15 Å². The summed E-state index contributed by atoms with van der Waals surface area (Å²) in [4.78, 5) is 10.7. The van der Waals surface area contributed by atoms with E-state index in [-0.39, 0.29) is 10.7 Å². The van der Waals surface area contributed by atoms with Crippen LogP contribution in [0.25, 0.3) is 11.3 Å².